The third kappa shape index (κ3) is 10.8. The third-order valence-electron chi connectivity index (χ3n) is 1.21. The van der Waals surface area contributed by atoms with Gasteiger partial charge in [0, 0.05) is 6.61 Å². The van der Waals surface area contributed by atoms with Gasteiger partial charge in [-0.1, -0.05) is 6.42 Å². The highest BCUT2D eigenvalue weighted by molar-refractivity contribution is 4.55. The number of rotatable bonds is 0. The largest absolute Gasteiger partial charge is 0.397 e. The summed E-state index contributed by atoms with van der Waals surface area (Å²) in [6.07, 6.45) is 4.22. The van der Waals surface area contributed by atoms with E-state index >= 15 is 0 Å². The monoisotopic (exact) mass is 148 g/mol. The number of piperidine rings is 1. The van der Waals surface area contributed by atoms with Gasteiger partial charge in [-0.05, 0) is 32.9 Å². The second-order valence-electron chi connectivity index (χ2n) is 2.13. The molecule has 1 aliphatic rings. The second-order valence-corrected chi connectivity index (χ2v) is 2.13. The van der Waals surface area contributed by atoms with Crippen LogP contribution >= 0.6 is 0 Å². The van der Waals surface area contributed by atoms with Crippen LogP contribution < -0.4 is 11.5 Å². The summed E-state index contributed by atoms with van der Waals surface area (Å²) in [5.74, 6) is 0. The molecule has 64 valence electrons. The SMILES string of the molecule is C1CCNCC1.CCO.N. The van der Waals surface area contributed by atoms with Crippen molar-refractivity contribution in [2.45, 2.75) is 26.2 Å². The Labute approximate surface area is 63.4 Å². The molecule has 0 aliphatic carbocycles. The van der Waals surface area contributed by atoms with Gasteiger partial charge >= 0.3 is 0 Å². The molecule has 0 aromatic rings. The van der Waals surface area contributed by atoms with Crippen molar-refractivity contribution in [3.8, 4) is 0 Å². The van der Waals surface area contributed by atoms with Crippen molar-refractivity contribution in [1.29, 1.82) is 0 Å². The maximum atomic E-state index is 7.57. The minimum absolute atomic E-state index is 0. The average molecular weight is 148 g/mol. The van der Waals surface area contributed by atoms with E-state index in [1.807, 2.05) is 0 Å². The average Bonchev–Trinajstić information content (AvgIpc) is 1.93. The summed E-state index contributed by atoms with van der Waals surface area (Å²) in [5, 5.41) is 10.9. The van der Waals surface area contributed by atoms with Gasteiger partial charge in [-0.2, -0.15) is 0 Å². The first kappa shape index (κ1) is 12.5. The summed E-state index contributed by atoms with van der Waals surface area (Å²) in [7, 11) is 0. The predicted octanol–water partition coefficient (Wildman–Crippen LogP) is 0.921. The smallest absolute Gasteiger partial charge is 0.0402 e. The molecule has 0 amide bonds. The van der Waals surface area contributed by atoms with E-state index in [-0.39, 0.29) is 12.8 Å². The molecule has 1 heterocycles. The molecule has 3 heteroatoms. The lowest BCUT2D eigenvalue weighted by Crippen LogP contribution is -2.21. The van der Waals surface area contributed by atoms with Crippen LogP contribution in [0.1, 0.15) is 26.2 Å². The maximum Gasteiger partial charge on any atom is 0.0402 e. The summed E-state index contributed by atoms with van der Waals surface area (Å²) in [6, 6.07) is 0. The Morgan fingerprint density at radius 2 is 1.60 bits per heavy atom. The lowest BCUT2D eigenvalue weighted by atomic mass is 10.2. The molecular formula is C7H20N2O. The van der Waals surface area contributed by atoms with E-state index in [9.17, 15) is 0 Å². The molecule has 1 fully saturated rings. The number of aliphatic hydroxyl groups excluding tert-OH is 1. The Bertz CT molecular complexity index is 35.4. The van der Waals surface area contributed by atoms with E-state index in [0.717, 1.165) is 0 Å². The van der Waals surface area contributed by atoms with Crippen LogP contribution in [0.25, 0.3) is 0 Å². The first-order valence-corrected chi connectivity index (χ1v) is 3.73. The Kier molecular flexibility index (Phi) is 14.6. The zero-order valence-corrected chi connectivity index (χ0v) is 6.90. The van der Waals surface area contributed by atoms with Crippen LogP contribution in [-0.4, -0.2) is 24.8 Å². The fourth-order valence-electron chi connectivity index (χ4n) is 0.802. The van der Waals surface area contributed by atoms with E-state index in [4.69, 9.17) is 5.11 Å². The van der Waals surface area contributed by atoms with Crippen molar-refractivity contribution < 1.29 is 5.11 Å². The summed E-state index contributed by atoms with van der Waals surface area (Å²) in [5.41, 5.74) is 0. The fraction of sp³-hybridized carbons (Fsp3) is 1.00. The molecule has 10 heavy (non-hydrogen) atoms. The van der Waals surface area contributed by atoms with Crippen LogP contribution in [0.5, 0.6) is 0 Å². The molecule has 1 saturated heterocycles. The Balaban J connectivity index is 0. The highest BCUT2D eigenvalue weighted by atomic mass is 16.2. The molecule has 0 saturated carbocycles. The first-order chi connectivity index (χ1) is 4.41. The van der Waals surface area contributed by atoms with E-state index in [1.54, 1.807) is 6.92 Å². The molecule has 0 aromatic carbocycles. The van der Waals surface area contributed by atoms with Crippen molar-refractivity contribution in [3.63, 3.8) is 0 Å². The highest BCUT2D eigenvalue weighted by Gasteiger charge is 1.93. The van der Waals surface area contributed by atoms with Crippen molar-refractivity contribution in [1.82, 2.24) is 11.5 Å². The second kappa shape index (κ2) is 11.6. The van der Waals surface area contributed by atoms with Crippen LogP contribution in [0.15, 0.2) is 0 Å². The maximum absolute atomic E-state index is 7.57. The topological polar surface area (TPSA) is 67.3 Å². The summed E-state index contributed by atoms with van der Waals surface area (Å²) >= 11 is 0. The molecule has 0 atom stereocenters. The summed E-state index contributed by atoms with van der Waals surface area (Å²) in [6.45, 7) is 4.43. The molecule has 5 N–H and O–H groups in total. The van der Waals surface area contributed by atoms with Gasteiger partial charge in [0.15, 0.2) is 0 Å². The van der Waals surface area contributed by atoms with Gasteiger partial charge in [-0.25, -0.2) is 0 Å². The quantitative estimate of drug-likeness (QED) is 0.478. The number of hydrogen-bond acceptors (Lipinski definition) is 3. The minimum atomic E-state index is 0. The molecule has 0 unspecified atom stereocenters. The number of aliphatic hydroxyl groups is 1. The molecule has 1 rings (SSSR count). The van der Waals surface area contributed by atoms with Gasteiger partial charge in [0.25, 0.3) is 0 Å². The van der Waals surface area contributed by atoms with Crippen LogP contribution in [0.2, 0.25) is 0 Å². The molecule has 3 nitrogen and oxygen atoms in total. The van der Waals surface area contributed by atoms with Crippen LogP contribution in [-0.2, 0) is 0 Å². The van der Waals surface area contributed by atoms with Gasteiger partial charge in [0.05, 0.1) is 0 Å². The molecule has 1 aliphatic heterocycles. The zero-order chi connectivity index (χ0) is 6.95. The lowest BCUT2D eigenvalue weighted by molar-refractivity contribution is 0.318. The third-order valence-corrected chi connectivity index (χ3v) is 1.21. The molecule has 0 aromatic heterocycles. The first-order valence-electron chi connectivity index (χ1n) is 3.73. The van der Waals surface area contributed by atoms with Gasteiger partial charge < -0.3 is 16.6 Å². The van der Waals surface area contributed by atoms with Crippen molar-refractivity contribution in [3.05, 3.63) is 0 Å². The Morgan fingerprint density at radius 1 is 1.20 bits per heavy atom. The number of nitrogens with one attached hydrogen (secondary N) is 1. The normalized spacial score (nSPS) is 16.2. The van der Waals surface area contributed by atoms with Crippen LogP contribution in [0, 0.1) is 0 Å². The molecule has 0 bridgehead atoms. The fourth-order valence-corrected chi connectivity index (χ4v) is 0.802. The van der Waals surface area contributed by atoms with E-state index in [0.29, 0.717) is 0 Å². The van der Waals surface area contributed by atoms with Gasteiger partial charge in [-0.15, -0.1) is 0 Å². The van der Waals surface area contributed by atoms with Gasteiger partial charge in [0.1, 0.15) is 0 Å². The zero-order valence-electron chi connectivity index (χ0n) is 6.90. The van der Waals surface area contributed by atoms with E-state index < -0.39 is 0 Å². The van der Waals surface area contributed by atoms with Gasteiger partial charge in [-0.3, -0.25) is 0 Å². The van der Waals surface area contributed by atoms with E-state index in [1.165, 1.54) is 32.4 Å². The standard InChI is InChI=1S/C5H11N.C2H6O.H3N/c1-2-4-6-5-3-1;1-2-3;/h6H,1-5H2;3H,2H2,1H3;1H3. The molecule has 0 radical (unpaired) electrons. The molecule has 0 spiro atoms. The predicted molar refractivity (Wildman–Crippen MR) is 44.5 cm³/mol. The van der Waals surface area contributed by atoms with Crippen molar-refractivity contribution in [2.24, 2.45) is 0 Å². The van der Waals surface area contributed by atoms with Crippen molar-refractivity contribution in [2.75, 3.05) is 19.7 Å². The van der Waals surface area contributed by atoms with Gasteiger partial charge in [0.2, 0.25) is 0 Å². The van der Waals surface area contributed by atoms with E-state index in [2.05, 4.69) is 5.32 Å². The van der Waals surface area contributed by atoms with Crippen LogP contribution in [0.3, 0.4) is 0 Å². The number of hydrogen-bond donors (Lipinski definition) is 3. The van der Waals surface area contributed by atoms with Crippen LogP contribution in [0.4, 0.5) is 0 Å². The summed E-state index contributed by atoms with van der Waals surface area (Å²) < 4.78 is 0. The summed E-state index contributed by atoms with van der Waals surface area (Å²) in [4.78, 5) is 0. The highest BCUT2D eigenvalue weighted by Crippen LogP contribution is 1.96. The minimum Gasteiger partial charge on any atom is -0.397 e. The lowest BCUT2D eigenvalue weighted by Gasteiger charge is -2.08. The Hall–Kier alpha value is -0.120. The Morgan fingerprint density at radius 3 is 1.70 bits per heavy atom. The molecular weight excluding hydrogens is 128 g/mol. The van der Waals surface area contributed by atoms with Crippen molar-refractivity contribution >= 4 is 0 Å².